The van der Waals surface area contributed by atoms with Gasteiger partial charge in [-0.15, -0.1) is 0 Å². The van der Waals surface area contributed by atoms with Gasteiger partial charge in [-0.25, -0.2) is 4.79 Å². The molecule has 4 heteroatoms. The van der Waals surface area contributed by atoms with E-state index in [0.29, 0.717) is 0 Å². The van der Waals surface area contributed by atoms with Gasteiger partial charge < -0.3 is 14.5 Å². The van der Waals surface area contributed by atoms with Crippen LogP contribution in [0.2, 0.25) is 0 Å². The van der Waals surface area contributed by atoms with E-state index in [2.05, 4.69) is 16.6 Å². The minimum Gasteiger partial charge on any atom is -0.453 e. The summed E-state index contributed by atoms with van der Waals surface area (Å²) in [5.41, 5.74) is 0. The van der Waals surface area contributed by atoms with Gasteiger partial charge in [-0.05, 0) is 6.54 Å². The van der Waals surface area contributed by atoms with Crippen LogP contribution in [0.4, 0.5) is 4.79 Å². The van der Waals surface area contributed by atoms with E-state index in [0.717, 1.165) is 32.7 Å². The van der Waals surface area contributed by atoms with Gasteiger partial charge in [-0.2, -0.15) is 0 Å². The summed E-state index contributed by atoms with van der Waals surface area (Å²) in [6.07, 6.45) is -0.203. The second kappa shape index (κ2) is 7.62. The molecule has 1 heterocycles. The number of amides is 1. The first-order chi connectivity index (χ1) is 6.77. The Morgan fingerprint density at radius 1 is 1.21 bits per heavy atom. The van der Waals surface area contributed by atoms with Gasteiger partial charge in [0.2, 0.25) is 0 Å². The van der Waals surface area contributed by atoms with Crippen molar-refractivity contribution in [3.05, 3.63) is 0 Å². The van der Waals surface area contributed by atoms with E-state index >= 15 is 0 Å². The maximum Gasteiger partial charge on any atom is 0.409 e. The van der Waals surface area contributed by atoms with Crippen molar-refractivity contribution >= 4 is 6.09 Å². The molecule has 0 spiro atoms. The van der Waals surface area contributed by atoms with Crippen molar-refractivity contribution in [1.29, 1.82) is 0 Å². The van der Waals surface area contributed by atoms with Crippen LogP contribution in [0.25, 0.3) is 0 Å². The monoisotopic (exact) mass is 202 g/mol. The number of nitrogens with zero attached hydrogens (tertiary/aromatic N) is 2. The number of rotatable bonds is 1. The average Bonchev–Trinajstić information content (AvgIpc) is 2.31. The third kappa shape index (κ3) is 3.96. The number of piperazine rings is 1. The molecule has 0 aromatic rings. The highest BCUT2D eigenvalue weighted by atomic mass is 16.5. The van der Waals surface area contributed by atoms with Gasteiger partial charge >= 0.3 is 6.09 Å². The van der Waals surface area contributed by atoms with E-state index in [1.54, 1.807) is 4.90 Å². The lowest BCUT2D eigenvalue weighted by Gasteiger charge is -2.32. The smallest absolute Gasteiger partial charge is 0.409 e. The molecule has 0 N–H and O–H groups in total. The van der Waals surface area contributed by atoms with Gasteiger partial charge in [0.05, 0.1) is 7.11 Å². The molecule has 4 nitrogen and oxygen atoms in total. The molecular formula is C10H22N2O2. The molecule has 1 amide bonds. The standard InChI is InChI=1S/C8H16N2O2.C2H6/c1-3-9-4-6-10(7-5-9)8(11)12-2;1-2/h3-7H2,1-2H3;1-2H3. The van der Waals surface area contributed by atoms with Crippen LogP contribution in [0.15, 0.2) is 0 Å². The Morgan fingerprint density at radius 3 is 2.07 bits per heavy atom. The Bertz CT molecular complexity index is 154. The van der Waals surface area contributed by atoms with Crippen molar-refractivity contribution in [2.24, 2.45) is 0 Å². The second-order valence-corrected chi connectivity index (χ2v) is 2.89. The fraction of sp³-hybridized carbons (Fsp3) is 0.900. The summed E-state index contributed by atoms with van der Waals surface area (Å²) in [5.74, 6) is 0. The molecule has 0 unspecified atom stereocenters. The predicted octanol–water partition coefficient (Wildman–Crippen LogP) is 1.42. The van der Waals surface area contributed by atoms with Crippen molar-refractivity contribution in [1.82, 2.24) is 9.80 Å². The van der Waals surface area contributed by atoms with E-state index in [1.165, 1.54) is 7.11 Å². The Kier molecular flexibility index (Phi) is 7.20. The van der Waals surface area contributed by atoms with Gasteiger partial charge in [0, 0.05) is 26.2 Å². The Morgan fingerprint density at radius 2 is 1.71 bits per heavy atom. The van der Waals surface area contributed by atoms with Crippen molar-refractivity contribution < 1.29 is 9.53 Å². The van der Waals surface area contributed by atoms with Crippen molar-refractivity contribution in [2.45, 2.75) is 20.8 Å². The minimum absolute atomic E-state index is 0.203. The molecule has 1 aliphatic heterocycles. The Balaban J connectivity index is 0.000000791. The fourth-order valence-electron chi connectivity index (χ4n) is 1.38. The molecule has 0 bridgehead atoms. The topological polar surface area (TPSA) is 32.8 Å². The molecule has 0 aromatic heterocycles. The fourth-order valence-corrected chi connectivity index (χ4v) is 1.38. The molecule has 14 heavy (non-hydrogen) atoms. The molecule has 0 radical (unpaired) electrons. The third-order valence-corrected chi connectivity index (χ3v) is 2.25. The second-order valence-electron chi connectivity index (χ2n) is 2.89. The highest BCUT2D eigenvalue weighted by Gasteiger charge is 2.19. The highest BCUT2D eigenvalue weighted by Crippen LogP contribution is 2.02. The summed E-state index contributed by atoms with van der Waals surface area (Å²) in [7, 11) is 1.43. The van der Waals surface area contributed by atoms with Crippen LogP contribution in [0.5, 0.6) is 0 Å². The number of ether oxygens (including phenoxy) is 1. The molecular weight excluding hydrogens is 180 g/mol. The quantitative estimate of drug-likeness (QED) is 0.644. The van der Waals surface area contributed by atoms with Crippen LogP contribution < -0.4 is 0 Å². The van der Waals surface area contributed by atoms with Gasteiger partial charge in [-0.3, -0.25) is 0 Å². The van der Waals surface area contributed by atoms with Crippen LogP contribution >= 0.6 is 0 Å². The summed E-state index contributed by atoms with van der Waals surface area (Å²) < 4.78 is 4.63. The van der Waals surface area contributed by atoms with Crippen LogP contribution in [0, 0.1) is 0 Å². The number of likely N-dealkylation sites (N-methyl/N-ethyl adjacent to an activating group) is 1. The maximum atomic E-state index is 11.0. The number of methoxy groups -OCH3 is 1. The maximum absolute atomic E-state index is 11.0. The first kappa shape index (κ1) is 13.2. The number of carbonyl (C=O) groups excluding carboxylic acids is 1. The van der Waals surface area contributed by atoms with Gasteiger partial charge in [-0.1, -0.05) is 20.8 Å². The normalized spacial score (nSPS) is 17.0. The number of hydrogen-bond donors (Lipinski definition) is 0. The zero-order chi connectivity index (χ0) is 11.0. The minimum atomic E-state index is -0.203. The van der Waals surface area contributed by atoms with Crippen molar-refractivity contribution in [3.8, 4) is 0 Å². The van der Waals surface area contributed by atoms with E-state index in [4.69, 9.17) is 0 Å². The average molecular weight is 202 g/mol. The van der Waals surface area contributed by atoms with E-state index in [-0.39, 0.29) is 6.09 Å². The highest BCUT2D eigenvalue weighted by molar-refractivity contribution is 5.67. The van der Waals surface area contributed by atoms with Crippen molar-refractivity contribution in [3.63, 3.8) is 0 Å². The lowest BCUT2D eigenvalue weighted by molar-refractivity contribution is 0.0927. The van der Waals surface area contributed by atoms with E-state index < -0.39 is 0 Å². The van der Waals surface area contributed by atoms with E-state index in [1.807, 2.05) is 13.8 Å². The predicted molar refractivity (Wildman–Crippen MR) is 57.4 cm³/mol. The molecule has 1 rings (SSSR count). The Hall–Kier alpha value is -0.770. The summed E-state index contributed by atoms with van der Waals surface area (Å²) >= 11 is 0. The first-order valence-corrected chi connectivity index (χ1v) is 5.33. The third-order valence-electron chi connectivity index (χ3n) is 2.25. The summed E-state index contributed by atoms with van der Waals surface area (Å²) in [6, 6.07) is 0. The van der Waals surface area contributed by atoms with E-state index in [9.17, 15) is 4.79 Å². The van der Waals surface area contributed by atoms with Gasteiger partial charge in [0.25, 0.3) is 0 Å². The molecule has 1 saturated heterocycles. The largest absolute Gasteiger partial charge is 0.453 e. The molecule has 0 aromatic carbocycles. The summed E-state index contributed by atoms with van der Waals surface area (Å²) in [5, 5.41) is 0. The van der Waals surface area contributed by atoms with Gasteiger partial charge in [0.15, 0.2) is 0 Å². The zero-order valence-corrected chi connectivity index (χ0v) is 9.75. The van der Waals surface area contributed by atoms with Crippen molar-refractivity contribution in [2.75, 3.05) is 39.8 Å². The molecule has 0 aliphatic carbocycles. The number of hydrogen-bond acceptors (Lipinski definition) is 3. The van der Waals surface area contributed by atoms with Gasteiger partial charge in [0.1, 0.15) is 0 Å². The summed E-state index contributed by atoms with van der Waals surface area (Å²) in [4.78, 5) is 15.1. The molecule has 1 aliphatic rings. The number of carbonyl (C=O) groups is 1. The molecule has 0 atom stereocenters. The van der Waals surface area contributed by atoms with Crippen LogP contribution in [-0.2, 0) is 4.74 Å². The molecule has 84 valence electrons. The van der Waals surface area contributed by atoms with Crippen LogP contribution in [-0.4, -0.2) is 55.7 Å². The first-order valence-electron chi connectivity index (χ1n) is 5.33. The lowest BCUT2D eigenvalue weighted by atomic mass is 10.3. The lowest BCUT2D eigenvalue weighted by Crippen LogP contribution is -2.48. The molecule has 1 fully saturated rings. The summed E-state index contributed by atoms with van der Waals surface area (Å²) in [6.45, 7) is 10.7. The Labute approximate surface area is 86.8 Å². The zero-order valence-electron chi connectivity index (χ0n) is 9.75. The van der Waals surface area contributed by atoms with Crippen LogP contribution in [0.3, 0.4) is 0 Å². The van der Waals surface area contributed by atoms with Crippen LogP contribution in [0.1, 0.15) is 20.8 Å². The SMILES string of the molecule is CC.CCN1CCN(C(=O)OC)CC1. The molecule has 0 saturated carbocycles.